The zero-order valence-electron chi connectivity index (χ0n) is 21.5. The van der Waals surface area contributed by atoms with E-state index in [9.17, 15) is 22.4 Å². The molecule has 1 atom stereocenters. The summed E-state index contributed by atoms with van der Waals surface area (Å²) in [6.45, 7) is 3.44. The number of nitrogens with one attached hydrogen (secondary N) is 1. The van der Waals surface area contributed by atoms with Crippen LogP contribution in [0.2, 0.25) is 0 Å². The average molecular weight is 605 g/mol. The SMILES string of the molecule is CCNC(=O)C(Cc1ccccc1)N(Cc1ccc(F)cc1)C(=O)CN(c1ccc(Br)c(C)c1)S(C)(=O)=O. The molecule has 3 aromatic rings. The largest absolute Gasteiger partial charge is 0.355 e. The molecule has 0 aliphatic heterocycles. The number of amides is 2. The number of benzene rings is 3. The lowest BCUT2D eigenvalue weighted by atomic mass is 10.0. The molecule has 0 saturated heterocycles. The first-order valence-corrected chi connectivity index (χ1v) is 14.7. The molecule has 0 fully saturated rings. The number of sulfonamides is 1. The minimum Gasteiger partial charge on any atom is -0.355 e. The minimum absolute atomic E-state index is 0.00921. The predicted molar refractivity (Wildman–Crippen MR) is 151 cm³/mol. The fourth-order valence-corrected chi connectivity index (χ4v) is 5.12. The Balaban J connectivity index is 2.04. The van der Waals surface area contributed by atoms with Crippen LogP contribution in [0.3, 0.4) is 0 Å². The number of carbonyl (C=O) groups excluding carboxylic acids is 2. The van der Waals surface area contributed by atoms with Crippen molar-refractivity contribution in [2.45, 2.75) is 32.9 Å². The summed E-state index contributed by atoms with van der Waals surface area (Å²) in [4.78, 5) is 28.5. The van der Waals surface area contributed by atoms with Gasteiger partial charge in [0, 0.05) is 24.0 Å². The molecule has 202 valence electrons. The summed E-state index contributed by atoms with van der Waals surface area (Å²) >= 11 is 3.41. The highest BCUT2D eigenvalue weighted by Gasteiger charge is 2.32. The Morgan fingerprint density at radius 2 is 1.66 bits per heavy atom. The number of hydrogen-bond donors (Lipinski definition) is 1. The average Bonchev–Trinajstić information content (AvgIpc) is 2.87. The summed E-state index contributed by atoms with van der Waals surface area (Å²) in [6, 6.07) is 19.0. The van der Waals surface area contributed by atoms with Crippen molar-refractivity contribution in [3.63, 3.8) is 0 Å². The second-order valence-corrected chi connectivity index (χ2v) is 11.7. The Morgan fingerprint density at radius 1 is 1.00 bits per heavy atom. The molecular weight excluding hydrogens is 573 g/mol. The number of hydrogen-bond acceptors (Lipinski definition) is 4. The number of likely N-dealkylation sites (N-methyl/N-ethyl adjacent to an activating group) is 1. The number of anilines is 1. The molecule has 0 radical (unpaired) electrons. The lowest BCUT2D eigenvalue weighted by Gasteiger charge is -2.33. The van der Waals surface area contributed by atoms with Gasteiger partial charge in [-0.2, -0.15) is 0 Å². The second kappa shape index (κ2) is 13.0. The zero-order valence-corrected chi connectivity index (χ0v) is 23.9. The van der Waals surface area contributed by atoms with Crippen LogP contribution < -0.4 is 9.62 Å². The van der Waals surface area contributed by atoms with Gasteiger partial charge in [0.15, 0.2) is 0 Å². The summed E-state index contributed by atoms with van der Waals surface area (Å²) in [5.74, 6) is -1.35. The van der Waals surface area contributed by atoms with Crippen LogP contribution in [0.4, 0.5) is 10.1 Å². The van der Waals surface area contributed by atoms with Crippen LogP contribution in [-0.4, -0.2) is 50.5 Å². The first kappa shape index (κ1) is 29.3. The first-order valence-electron chi connectivity index (χ1n) is 12.1. The maximum Gasteiger partial charge on any atom is 0.244 e. The zero-order chi connectivity index (χ0) is 27.9. The highest BCUT2D eigenvalue weighted by molar-refractivity contribution is 9.10. The predicted octanol–water partition coefficient (Wildman–Crippen LogP) is 4.44. The van der Waals surface area contributed by atoms with Gasteiger partial charge in [-0.05, 0) is 60.9 Å². The van der Waals surface area contributed by atoms with E-state index in [1.807, 2.05) is 37.3 Å². The molecule has 1 unspecified atom stereocenters. The van der Waals surface area contributed by atoms with Crippen LogP contribution in [0.5, 0.6) is 0 Å². The minimum atomic E-state index is -3.85. The van der Waals surface area contributed by atoms with E-state index in [4.69, 9.17) is 0 Å². The van der Waals surface area contributed by atoms with Gasteiger partial charge >= 0.3 is 0 Å². The van der Waals surface area contributed by atoms with Crippen molar-refractivity contribution < 1.29 is 22.4 Å². The van der Waals surface area contributed by atoms with Crippen LogP contribution in [-0.2, 0) is 32.6 Å². The quantitative estimate of drug-likeness (QED) is 0.351. The van der Waals surface area contributed by atoms with Crippen LogP contribution in [0.25, 0.3) is 0 Å². The van der Waals surface area contributed by atoms with Crippen LogP contribution in [0.1, 0.15) is 23.6 Å². The van der Waals surface area contributed by atoms with Gasteiger partial charge in [0.25, 0.3) is 0 Å². The molecule has 3 aromatic carbocycles. The third kappa shape index (κ3) is 7.88. The van der Waals surface area contributed by atoms with E-state index < -0.39 is 34.3 Å². The molecule has 0 heterocycles. The maximum atomic E-state index is 13.9. The van der Waals surface area contributed by atoms with E-state index in [2.05, 4.69) is 21.2 Å². The molecule has 0 aliphatic rings. The van der Waals surface area contributed by atoms with E-state index in [0.29, 0.717) is 17.8 Å². The van der Waals surface area contributed by atoms with Crippen molar-refractivity contribution in [1.29, 1.82) is 0 Å². The molecule has 0 spiro atoms. The molecule has 3 rings (SSSR count). The molecule has 7 nitrogen and oxygen atoms in total. The fourth-order valence-electron chi connectivity index (χ4n) is 4.03. The van der Waals surface area contributed by atoms with Gasteiger partial charge in [0.05, 0.1) is 11.9 Å². The Kier molecular flexibility index (Phi) is 10.0. The van der Waals surface area contributed by atoms with Crippen molar-refractivity contribution in [3.8, 4) is 0 Å². The first-order chi connectivity index (χ1) is 18.0. The second-order valence-electron chi connectivity index (χ2n) is 8.95. The van der Waals surface area contributed by atoms with Crippen molar-refractivity contribution in [1.82, 2.24) is 10.2 Å². The van der Waals surface area contributed by atoms with Crippen molar-refractivity contribution in [3.05, 3.63) is 99.8 Å². The summed E-state index contributed by atoms with van der Waals surface area (Å²) in [7, 11) is -3.85. The topological polar surface area (TPSA) is 86.8 Å². The number of aryl methyl sites for hydroxylation is 1. The Morgan fingerprint density at radius 3 is 2.24 bits per heavy atom. The summed E-state index contributed by atoms with van der Waals surface area (Å²) in [5.41, 5.74) is 2.58. The van der Waals surface area contributed by atoms with Crippen LogP contribution in [0.15, 0.2) is 77.3 Å². The van der Waals surface area contributed by atoms with Crippen molar-refractivity contribution in [2.24, 2.45) is 0 Å². The third-order valence-corrected chi connectivity index (χ3v) is 8.03. The molecule has 0 bridgehead atoms. The maximum absolute atomic E-state index is 13.9. The van der Waals surface area contributed by atoms with Gasteiger partial charge in [-0.1, -0.05) is 58.4 Å². The molecule has 0 saturated carbocycles. The highest BCUT2D eigenvalue weighted by Crippen LogP contribution is 2.25. The van der Waals surface area contributed by atoms with E-state index >= 15 is 0 Å². The third-order valence-electron chi connectivity index (χ3n) is 6.00. The van der Waals surface area contributed by atoms with Gasteiger partial charge in [-0.3, -0.25) is 13.9 Å². The van der Waals surface area contributed by atoms with E-state index in [1.54, 1.807) is 37.3 Å². The Hall–Kier alpha value is -3.24. The molecule has 0 aliphatic carbocycles. The van der Waals surface area contributed by atoms with E-state index in [0.717, 1.165) is 26.2 Å². The van der Waals surface area contributed by atoms with Crippen LogP contribution >= 0.6 is 15.9 Å². The molecular formula is C28H31BrFN3O4S. The smallest absolute Gasteiger partial charge is 0.244 e. The van der Waals surface area contributed by atoms with Gasteiger partial charge in [-0.25, -0.2) is 12.8 Å². The Bertz CT molecular complexity index is 1370. The standard InChI is InChI=1S/C28H31BrFN3O4S/c1-4-31-28(35)26(17-21-8-6-5-7-9-21)32(18-22-10-12-23(30)13-11-22)27(34)19-33(38(3,36)37)24-14-15-25(29)20(2)16-24/h5-16,26H,4,17-19H2,1-3H3,(H,31,35). The monoisotopic (exact) mass is 603 g/mol. The van der Waals surface area contributed by atoms with E-state index in [-0.39, 0.29) is 18.9 Å². The summed E-state index contributed by atoms with van der Waals surface area (Å²) < 4.78 is 41.0. The van der Waals surface area contributed by atoms with Gasteiger partial charge in [-0.15, -0.1) is 0 Å². The highest BCUT2D eigenvalue weighted by atomic mass is 79.9. The molecule has 38 heavy (non-hydrogen) atoms. The van der Waals surface area contributed by atoms with Crippen molar-refractivity contribution in [2.75, 3.05) is 23.7 Å². The van der Waals surface area contributed by atoms with Gasteiger partial charge in [0.1, 0.15) is 18.4 Å². The summed E-state index contributed by atoms with van der Waals surface area (Å²) in [5, 5.41) is 2.80. The lowest BCUT2D eigenvalue weighted by molar-refractivity contribution is -0.140. The Labute approximate surface area is 231 Å². The van der Waals surface area contributed by atoms with Gasteiger partial charge < -0.3 is 10.2 Å². The normalized spacial score (nSPS) is 12.0. The van der Waals surface area contributed by atoms with E-state index in [1.165, 1.54) is 17.0 Å². The van der Waals surface area contributed by atoms with Crippen LogP contribution in [0, 0.1) is 12.7 Å². The molecule has 1 N–H and O–H groups in total. The molecule has 2 amide bonds. The number of nitrogens with zero attached hydrogens (tertiary/aromatic N) is 2. The number of carbonyl (C=O) groups is 2. The number of rotatable bonds is 11. The summed E-state index contributed by atoms with van der Waals surface area (Å²) in [6.07, 6.45) is 1.25. The van der Waals surface area contributed by atoms with Gasteiger partial charge in [0.2, 0.25) is 21.8 Å². The number of halogens is 2. The van der Waals surface area contributed by atoms with Crippen molar-refractivity contribution >= 4 is 43.5 Å². The molecule has 10 heteroatoms. The fraction of sp³-hybridized carbons (Fsp3) is 0.286. The molecule has 0 aromatic heterocycles. The lowest BCUT2D eigenvalue weighted by Crippen LogP contribution is -2.53.